The Kier molecular flexibility index (Phi) is 3.69. The van der Waals surface area contributed by atoms with Crippen LogP contribution in [0, 0.1) is 5.92 Å². The molecule has 19 heavy (non-hydrogen) atoms. The molecule has 1 aliphatic rings. The first-order valence-electron chi connectivity index (χ1n) is 7.13. The lowest BCUT2D eigenvalue weighted by molar-refractivity contribution is 0.0599. The van der Waals surface area contributed by atoms with Crippen molar-refractivity contribution in [1.82, 2.24) is 0 Å². The van der Waals surface area contributed by atoms with Crippen molar-refractivity contribution in [2.75, 3.05) is 6.61 Å². The maximum Gasteiger partial charge on any atom is 0.127 e. The van der Waals surface area contributed by atoms with Gasteiger partial charge in [0.2, 0.25) is 0 Å². The Morgan fingerprint density at radius 3 is 2.63 bits per heavy atom. The second-order valence-corrected chi connectivity index (χ2v) is 5.40. The van der Waals surface area contributed by atoms with Crippen LogP contribution in [0.2, 0.25) is 0 Å². The predicted octanol–water partition coefficient (Wildman–Crippen LogP) is 3.77. The van der Waals surface area contributed by atoms with E-state index in [0.717, 1.165) is 24.0 Å². The van der Waals surface area contributed by atoms with Crippen LogP contribution in [0.5, 0.6) is 5.75 Å². The number of hydrogen-bond donors (Lipinski definition) is 1. The molecule has 0 saturated heterocycles. The van der Waals surface area contributed by atoms with Gasteiger partial charge in [0, 0.05) is 5.39 Å². The molecule has 1 saturated carbocycles. The highest BCUT2D eigenvalue weighted by atomic mass is 16.5. The standard InChI is InChI=1S/C17H20O2/c18-16(14-7-1-2-8-14)12-19-17-11-5-9-13-6-3-4-10-15(13)17/h3-6,9-11,14,16,18H,1-2,7-8,12H2. The molecule has 0 aliphatic heterocycles. The van der Waals surface area contributed by atoms with E-state index in [1.165, 1.54) is 18.2 Å². The van der Waals surface area contributed by atoms with E-state index in [0.29, 0.717) is 12.5 Å². The lowest BCUT2D eigenvalue weighted by Gasteiger charge is -2.18. The first-order valence-corrected chi connectivity index (χ1v) is 7.13. The van der Waals surface area contributed by atoms with Crippen LogP contribution in [0.25, 0.3) is 10.8 Å². The van der Waals surface area contributed by atoms with Gasteiger partial charge in [-0.25, -0.2) is 0 Å². The van der Waals surface area contributed by atoms with E-state index in [4.69, 9.17) is 4.74 Å². The van der Waals surface area contributed by atoms with Crippen molar-refractivity contribution in [1.29, 1.82) is 0 Å². The van der Waals surface area contributed by atoms with Crippen molar-refractivity contribution in [3.8, 4) is 5.75 Å². The summed E-state index contributed by atoms with van der Waals surface area (Å²) in [5, 5.41) is 12.4. The molecule has 2 aromatic carbocycles. The molecule has 0 bridgehead atoms. The summed E-state index contributed by atoms with van der Waals surface area (Å²) in [4.78, 5) is 0. The minimum atomic E-state index is -0.332. The SMILES string of the molecule is OC(COc1cccc2ccccc12)C1CCCC1. The number of ether oxygens (including phenoxy) is 1. The van der Waals surface area contributed by atoms with Crippen molar-refractivity contribution in [3.63, 3.8) is 0 Å². The molecular weight excluding hydrogens is 236 g/mol. The second kappa shape index (κ2) is 5.62. The molecule has 2 heteroatoms. The van der Waals surface area contributed by atoms with Crippen LogP contribution in [0.3, 0.4) is 0 Å². The monoisotopic (exact) mass is 256 g/mol. The van der Waals surface area contributed by atoms with Crippen LogP contribution in [-0.4, -0.2) is 17.8 Å². The van der Waals surface area contributed by atoms with Crippen molar-refractivity contribution in [3.05, 3.63) is 42.5 Å². The highest BCUT2D eigenvalue weighted by molar-refractivity contribution is 5.88. The van der Waals surface area contributed by atoms with Crippen LogP contribution < -0.4 is 4.74 Å². The fourth-order valence-corrected chi connectivity index (χ4v) is 2.97. The van der Waals surface area contributed by atoms with Crippen molar-refractivity contribution in [2.45, 2.75) is 31.8 Å². The van der Waals surface area contributed by atoms with Gasteiger partial charge >= 0.3 is 0 Å². The van der Waals surface area contributed by atoms with Gasteiger partial charge in [0.05, 0.1) is 6.10 Å². The predicted molar refractivity (Wildman–Crippen MR) is 77.4 cm³/mol. The molecule has 1 atom stereocenters. The van der Waals surface area contributed by atoms with E-state index in [-0.39, 0.29) is 6.10 Å². The Balaban J connectivity index is 1.71. The van der Waals surface area contributed by atoms with Crippen LogP contribution in [0.15, 0.2) is 42.5 Å². The van der Waals surface area contributed by atoms with Gasteiger partial charge in [0.1, 0.15) is 12.4 Å². The molecule has 2 nitrogen and oxygen atoms in total. The van der Waals surface area contributed by atoms with Crippen molar-refractivity contribution < 1.29 is 9.84 Å². The molecule has 0 spiro atoms. The Labute approximate surface area is 114 Å². The highest BCUT2D eigenvalue weighted by Crippen LogP contribution is 2.29. The molecule has 1 unspecified atom stereocenters. The third-order valence-corrected chi connectivity index (χ3v) is 4.10. The number of rotatable bonds is 4. The van der Waals surface area contributed by atoms with Crippen LogP contribution in [0.4, 0.5) is 0 Å². The Morgan fingerprint density at radius 2 is 1.79 bits per heavy atom. The molecule has 1 N–H and O–H groups in total. The van der Waals surface area contributed by atoms with E-state index < -0.39 is 0 Å². The molecule has 0 amide bonds. The molecule has 0 aromatic heterocycles. The molecule has 3 rings (SSSR count). The van der Waals surface area contributed by atoms with Gasteiger partial charge in [-0.15, -0.1) is 0 Å². The lowest BCUT2D eigenvalue weighted by Crippen LogP contribution is -2.25. The summed E-state index contributed by atoms with van der Waals surface area (Å²) in [7, 11) is 0. The highest BCUT2D eigenvalue weighted by Gasteiger charge is 2.23. The molecule has 1 aliphatic carbocycles. The van der Waals surface area contributed by atoms with Crippen LogP contribution in [-0.2, 0) is 0 Å². The zero-order valence-corrected chi connectivity index (χ0v) is 11.1. The van der Waals surface area contributed by atoms with Gasteiger partial charge in [-0.3, -0.25) is 0 Å². The molecule has 2 aromatic rings. The van der Waals surface area contributed by atoms with Gasteiger partial charge < -0.3 is 9.84 Å². The van der Waals surface area contributed by atoms with Gasteiger partial charge in [-0.2, -0.15) is 0 Å². The first kappa shape index (κ1) is 12.5. The van der Waals surface area contributed by atoms with Crippen LogP contribution in [0.1, 0.15) is 25.7 Å². The van der Waals surface area contributed by atoms with E-state index in [1.54, 1.807) is 0 Å². The summed E-state index contributed by atoms with van der Waals surface area (Å²) in [5.74, 6) is 1.30. The summed E-state index contributed by atoms with van der Waals surface area (Å²) >= 11 is 0. The van der Waals surface area contributed by atoms with E-state index in [2.05, 4.69) is 18.2 Å². The minimum absolute atomic E-state index is 0.332. The number of fused-ring (bicyclic) bond motifs is 1. The fourth-order valence-electron chi connectivity index (χ4n) is 2.97. The van der Waals surface area contributed by atoms with Gasteiger partial charge in [-0.05, 0) is 30.2 Å². The van der Waals surface area contributed by atoms with Gasteiger partial charge in [0.15, 0.2) is 0 Å². The number of hydrogen-bond acceptors (Lipinski definition) is 2. The average molecular weight is 256 g/mol. The lowest BCUT2D eigenvalue weighted by atomic mass is 10.0. The van der Waals surface area contributed by atoms with Crippen molar-refractivity contribution >= 4 is 10.8 Å². The summed E-state index contributed by atoms with van der Waals surface area (Å²) in [5.41, 5.74) is 0. The normalized spacial score (nSPS) is 17.7. The number of aliphatic hydroxyl groups excluding tert-OH is 1. The molecule has 1 fully saturated rings. The Morgan fingerprint density at radius 1 is 1.05 bits per heavy atom. The third kappa shape index (κ3) is 2.74. The number of aliphatic hydroxyl groups is 1. The molecular formula is C17H20O2. The van der Waals surface area contributed by atoms with Crippen molar-refractivity contribution in [2.24, 2.45) is 5.92 Å². The number of benzene rings is 2. The maximum atomic E-state index is 10.2. The van der Waals surface area contributed by atoms with E-state index in [1.807, 2.05) is 24.3 Å². The Bertz CT molecular complexity index is 538. The quantitative estimate of drug-likeness (QED) is 0.902. The average Bonchev–Trinajstić information content (AvgIpc) is 2.99. The van der Waals surface area contributed by atoms with E-state index in [9.17, 15) is 5.11 Å². The summed E-state index contributed by atoms with van der Waals surface area (Å²) < 4.78 is 5.84. The third-order valence-electron chi connectivity index (χ3n) is 4.10. The van der Waals surface area contributed by atoms with Crippen LogP contribution >= 0.6 is 0 Å². The first-order chi connectivity index (χ1) is 9.34. The maximum absolute atomic E-state index is 10.2. The second-order valence-electron chi connectivity index (χ2n) is 5.40. The Hall–Kier alpha value is -1.54. The topological polar surface area (TPSA) is 29.5 Å². The van der Waals surface area contributed by atoms with Gasteiger partial charge in [-0.1, -0.05) is 49.2 Å². The minimum Gasteiger partial charge on any atom is -0.490 e. The summed E-state index contributed by atoms with van der Waals surface area (Å²) in [6.45, 7) is 0.401. The molecule has 0 heterocycles. The molecule has 0 radical (unpaired) electrons. The fraction of sp³-hybridized carbons (Fsp3) is 0.412. The molecule has 100 valence electrons. The largest absolute Gasteiger partial charge is 0.490 e. The smallest absolute Gasteiger partial charge is 0.127 e. The summed E-state index contributed by atoms with van der Waals surface area (Å²) in [6, 6.07) is 14.2. The zero-order valence-electron chi connectivity index (χ0n) is 11.1. The summed E-state index contributed by atoms with van der Waals surface area (Å²) in [6.07, 6.45) is 4.44. The zero-order chi connectivity index (χ0) is 13.1. The van der Waals surface area contributed by atoms with Gasteiger partial charge in [0.25, 0.3) is 0 Å². The van der Waals surface area contributed by atoms with E-state index >= 15 is 0 Å².